The average Bonchev–Trinajstić information content (AvgIpc) is 3.15. The fourth-order valence-corrected chi connectivity index (χ4v) is 3.95. The fourth-order valence-electron chi connectivity index (χ4n) is 2.37. The summed E-state index contributed by atoms with van der Waals surface area (Å²) in [6.45, 7) is 8.07. The number of thioether (sulfide) groups is 1. The molecule has 0 aliphatic rings. The molecule has 0 radical (unpaired) electrons. The molecule has 0 atom stereocenters. The zero-order valence-corrected chi connectivity index (χ0v) is 18.9. The Hall–Kier alpha value is -1.47. The first kappa shape index (κ1) is 24.6. The van der Waals surface area contributed by atoms with E-state index in [2.05, 4.69) is 35.5 Å². The van der Waals surface area contributed by atoms with Crippen LogP contribution in [0.15, 0.2) is 58.9 Å². The van der Waals surface area contributed by atoms with Crippen LogP contribution in [0.4, 0.5) is 0 Å². The molecule has 1 amide bonds. The molecule has 28 heavy (non-hydrogen) atoms. The van der Waals surface area contributed by atoms with Crippen LogP contribution in [0.5, 0.6) is 5.75 Å². The number of halogens is 1. The lowest BCUT2D eigenvalue weighted by atomic mass is 10.4. The second-order valence-corrected chi connectivity index (χ2v) is 7.96. The van der Waals surface area contributed by atoms with Crippen molar-refractivity contribution in [2.45, 2.75) is 31.7 Å². The molecule has 0 bridgehead atoms. The number of amides is 1. The van der Waals surface area contributed by atoms with Gasteiger partial charge < -0.3 is 10.1 Å². The first-order valence-electron chi connectivity index (χ1n) is 9.26. The minimum absolute atomic E-state index is 0. The van der Waals surface area contributed by atoms with E-state index in [1.54, 1.807) is 17.5 Å². The number of thiophene rings is 1. The van der Waals surface area contributed by atoms with E-state index < -0.39 is 0 Å². The van der Waals surface area contributed by atoms with Crippen LogP contribution in [0.2, 0.25) is 0 Å². The minimum Gasteiger partial charge on any atom is -0.492 e. The van der Waals surface area contributed by atoms with Gasteiger partial charge in [-0.15, -0.1) is 35.5 Å². The summed E-state index contributed by atoms with van der Waals surface area (Å²) in [5, 5.41) is 4.85. The topological polar surface area (TPSA) is 41.6 Å². The lowest BCUT2D eigenvalue weighted by molar-refractivity contribution is -0.117. The van der Waals surface area contributed by atoms with Crippen LogP contribution in [-0.4, -0.2) is 36.3 Å². The molecule has 0 aliphatic carbocycles. The summed E-state index contributed by atoms with van der Waals surface area (Å²) < 4.78 is 5.77. The second-order valence-electron chi connectivity index (χ2n) is 5.92. The van der Waals surface area contributed by atoms with Gasteiger partial charge in [-0.2, -0.15) is 0 Å². The number of rotatable bonds is 12. The van der Waals surface area contributed by atoms with Crippen LogP contribution in [-0.2, 0) is 11.3 Å². The van der Waals surface area contributed by atoms with E-state index in [4.69, 9.17) is 4.74 Å². The van der Waals surface area contributed by atoms with Gasteiger partial charge in [-0.3, -0.25) is 9.69 Å². The van der Waals surface area contributed by atoms with E-state index in [9.17, 15) is 4.79 Å². The number of nitrogens with one attached hydrogen (secondary N) is 1. The third-order valence-corrected chi connectivity index (χ3v) is 5.84. The van der Waals surface area contributed by atoms with Crippen LogP contribution in [0.1, 0.15) is 25.1 Å². The Bertz CT molecular complexity index is 703. The zero-order chi connectivity index (χ0) is 19.3. The Kier molecular flexibility index (Phi) is 12.7. The number of ether oxygens (including phenoxy) is 1. The molecular weight excluding hydrogens is 412 g/mol. The minimum atomic E-state index is -0.0000923. The van der Waals surface area contributed by atoms with E-state index in [0.717, 1.165) is 36.7 Å². The van der Waals surface area contributed by atoms with E-state index in [0.29, 0.717) is 12.4 Å². The van der Waals surface area contributed by atoms with Gasteiger partial charge in [0.15, 0.2) is 0 Å². The Morgan fingerprint density at radius 3 is 2.71 bits per heavy atom. The number of benzene rings is 1. The van der Waals surface area contributed by atoms with Gasteiger partial charge in [-0.1, -0.05) is 38.1 Å². The molecule has 0 aliphatic heterocycles. The molecule has 0 fully saturated rings. The highest BCUT2D eigenvalue weighted by atomic mass is 35.5. The van der Waals surface area contributed by atoms with E-state index in [-0.39, 0.29) is 18.3 Å². The number of carbonyl (C=O) groups excluding carboxylic acids is 1. The SMILES string of the molecule is CCN(CC)Cc1cc(OCC/C=C\NC(=O)CSc2ccccc2)cs1.Cl. The van der Waals surface area contributed by atoms with Crippen LogP contribution >= 0.6 is 35.5 Å². The van der Waals surface area contributed by atoms with Gasteiger partial charge in [0.25, 0.3) is 0 Å². The van der Waals surface area contributed by atoms with Gasteiger partial charge in [0.1, 0.15) is 5.75 Å². The Morgan fingerprint density at radius 2 is 2.00 bits per heavy atom. The number of hydrogen-bond donors (Lipinski definition) is 1. The predicted octanol–water partition coefficient (Wildman–Crippen LogP) is 5.20. The second kappa shape index (κ2) is 14.5. The highest BCUT2D eigenvalue weighted by Crippen LogP contribution is 2.23. The molecule has 0 unspecified atom stereocenters. The van der Waals surface area contributed by atoms with Gasteiger partial charge in [-0.25, -0.2) is 0 Å². The smallest absolute Gasteiger partial charge is 0.234 e. The Balaban J connectivity index is 0.00000392. The van der Waals surface area contributed by atoms with E-state index in [1.807, 2.05) is 36.4 Å². The van der Waals surface area contributed by atoms with Crippen LogP contribution in [0.3, 0.4) is 0 Å². The first-order valence-corrected chi connectivity index (χ1v) is 11.1. The molecule has 2 aromatic rings. The van der Waals surface area contributed by atoms with Crippen molar-refractivity contribution in [2.24, 2.45) is 0 Å². The monoisotopic (exact) mass is 440 g/mol. The maximum absolute atomic E-state index is 11.8. The highest BCUT2D eigenvalue weighted by molar-refractivity contribution is 8.00. The highest BCUT2D eigenvalue weighted by Gasteiger charge is 2.05. The van der Waals surface area contributed by atoms with Gasteiger partial charge in [-0.05, 0) is 37.5 Å². The Morgan fingerprint density at radius 1 is 1.25 bits per heavy atom. The fraction of sp³-hybridized carbons (Fsp3) is 0.381. The van der Waals surface area contributed by atoms with E-state index >= 15 is 0 Å². The largest absolute Gasteiger partial charge is 0.492 e. The predicted molar refractivity (Wildman–Crippen MR) is 123 cm³/mol. The zero-order valence-electron chi connectivity index (χ0n) is 16.4. The molecule has 1 N–H and O–H groups in total. The van der Waals surface area contributed by atoms with Crippen LogP contribution in [0.25, 0.3) is 0 Å². The van der Waals surface area contributed by atoms with Crippen LogP contribution in [0, 0.1) is 0 Å². The normalized spacial score (nSPS) is 10.8. The van der Waals surface area contributed by atoms with Crippen molar-refractivity contribution in [2.75, 3.05) is 25.4 Å². The number of nitrogens with zero attached hydrogens (tertiary/aromatic N) is 1. The maximum Gasteiger partial charge on any atom is 0.234 e. The first-order chi connectivity index (χ1) is 13.2. The molecule has 0 saturated carbocycles. The van der Waals surface area contributed by atoms with Crippen molar-refractivity contribution in [3.05, 3.63) is 58.9 Å². The molecule has 1 heterocycles. The third-order valence-electron chi connectivity index (χ3n) is 3.93. The van der Waals surface area contributed by atoms with E-state index in [1.165, 1.54) is 16.6 Å². The molecule has 7 heteroatoms. The summed E-state index contributed by atoms with van der Waals surface area (Å²) in [6, 6.07) is 12.0. The molecule has 154 valence electrons. The summed E-state index contributed by atoms with van der Waals surface area (Å²) in [5.74, 6) is 1.34. The van der Waals surface area contributed by atoms with Gasteiger partial charge in [0.05, 0.1) is 12.4 Å². The quantitative estimate of drug-likeness (QED) is 0.363. The third kappa shape index (κ3) is 9.64. The molecule has 0 spiro atoms. The van der Waals surface area contributed by atoms with Crippen molar-refractivity contribution in [1.82, 2.24) is 10.2 Å². The lowest BCUT2D eigenvalue weighted by Crippen LogP contribution is -2.21. The Labute approximate surface area is 182 Å². The summed E-state index contributed by atoms with van der Waals surface area (Å²) in [7, 11) is 0. The summed E-state index contributed by atoms with van der Waals surface area (Å²) in [4.78, 5) is 16.6. The van der Waals surface area contributed by atoms with Crippen LogP contribution < -0.4 is 10.1 Å². The summed E-state index contributed by atoms with van der Waals surface area (Å²) in [6.07, 6.45) is 4.39. The molecule has 1 aromatic heterocycles. The number of carbonyl (C=O) groups is 1. The standard InChI is InChI=1S/C21H28N2O2S2.ClH/c1-3-23(4-2)15-20-14-18(16-26-20)25-13-9-8-12-22-21(24)17-27-19-10-6-5-7-11-19;/h5-8,10-12,14,16H,3-4,9,13,15,17H2,1-2H3,(H,22,24);1H/b12-8-;. The molecule has 1 aromatic carbocycles. The molecule has 4 nitrogen and oxygen atoms in total. The van der Waals surface area contributed by atoms with Crippen molar-refractivity contribution >= 4 is 41.4 Å². The number of hydrogen-bond acceptors (Lipinski definition) is 5. The molecule has 2 rings (SSSR count). The average molecular weight is 441 g/mol. The van der Waals surface area contributed by atoms with Crippen molar-refractivity contribution in [3.8, 4) is 5.75 Å². The van der Waals surface area contributed by atoms with Crippen molar-refractivity contribution in [1.29, 1.82) is 0 Å². The summed E-state index contributed by atoms with van der Waals surface area (Å²) in [5.41, 5.74) is 0. The van der Waals surface area contributed by atoms with Crippen molar-refractivity contribution in [3.63, 3.8) is 0 Å². The maximum atomic E-state index is 11.8. The summed E-state index contributed by atoms with van der Waals surface area (Å²) >= 11 is 3.27. The van der Waals surface area contributed by atoms with Gasteiger partial charge >= 0.3 is 0 Å². The van der Waals surface area contributed by atoms with Gasteiger partial charge in [0.2, 0.25) is 5.91 Å². The lowest BCUT2D eigenvalue weighted by Gasteiger charge is -2.16. The molecule has 0 saturated heterocycles. The van der Waals surface area contributed by atoms with Gasteiger partial charge in [0, 0.05) is 28.1 Å². The molecular formula is C21H29ClN2O2S2. The van der Waals surface area contributed by atoms with Crippen molar-refractivity contribution < 1.29 is 9.53 Å².